The predicted octanol–water partition coefficient (Wildman–Crippen LogP) is 3.30. The molecular weight excluding hydrogens is 215 g/mol. The van der Waals surface area contributed by atoms with Crippen molar-refractivity contribution < 1.29 is 13.2 Å². The summed E-state index contributed by atoms with van der Waals surface area (Å²) < 4.78 is 37.0. The van der Waals surface area contributed by atoms with Crippen LogP contribution in [0, 0.1) is 0 Å². The average molecular weight is 229 g/mol. The number of hydrogen-bond donors (Lipinski definition) is 1. The first kappa shape index (κ1) is 11.5. The molecule has 0 spiro atoms. The summed E-state index contributed by atoms with van der Waals surface area (Å²) in [5.74, 6) is 0.120. The molecule has 0 radical (unpaired) electrons. The van der Waals surface area contributed by atoms with Crippen LogP contribution in [0.15, 0.2) is 24.3 Å². The molecule has 2 rings (SSSR count). The van der Waals surface area contributed by atoms with E-state index >= 15 is 0 Å². The average Bonchev–Trinajstić information content (AvgIpc) is 2.96. The molecule has 4 heteroatoms. The summed E-state index contributed by atoms with van der Waals surface area (Å²) in [5, 5.41) is 0. The van der Waals surface area contributed by atoms with Gasteiger partial charge in [0, 0.05) is 5.54 Å². The Bertz CT molecular complexity index is 376. The van der Waals surface area contributed by atoms with Crippen molar-refractivity contribution in [2.45, 2.75) is 37.4 Å². The maximum absolute atomic E-state index is 12.3. The van der Waals surface area contributed by atoms with Crippen LogP contribution in [-0.4, -0.2) is 5.54 Å². The van der Waals surface area contributed by atoms with Gasteiger partial charge in [-0.25, -0.2) is 0 Å². The first-order chi connectivity index (χ1) is 7.33. The number of hydrogen-bond acceptors (Lipinski definition) is 1. The van der Waals surface area contributed by atoms with Gasteiger partial charge < -0.3 is 5.73 Å². The summed E-state index contributed by atoms with van der Waals surface area (Å²) >= 11 is 0. The maximum atomic E-state index is 12.3. The fourth-order valence-corrected chi connectivity index (χ4v) is 1.87. The highest BCUT2D eigenvalue weighted by Gasteiger charge is 2.44. The van der Waals surface area contributed by atoms with Crippen molar-refractivity contribution in [3.63, 3.8) is 0 Å². The lowest BCUT2D eigenvalue weighted by molar-refractivity contribution is -0.137. The Morgan fingerprint density at radius 2 is 1.69 bits per heavy atom. The molecule has 0 bridgehead atoms. The molecule has 16 heavy (non-hydrogen) atoms. The molecule has 0 aliphatic heterocycles. The summed E-state index contributed by atoms with van der Waals surface area (Å²) in [4.78, 5) is 0. The van der Waals surface area contributed by atoms with Gasteiger partial charge in [-0.15, -0.1) is 0 Å². The van der Waals surface area contributed by atoms with E-state index in [4.69, 9.17) is 5.73 Å². The molecule has 0 heterocycles. The topological polar surface area (TPSA) is 26.0 Å². The number of rotatable bonds is 2. The van der Waals surface area contributed by atoms with Gasteiger partial charge in [-0.2, -0.15) is 13.2 Å². The van der Waals surface area contributed by atoms with Crippen LogP contribution in [0.2, 0.25) is 0 Å². The molecule has 0 amide bonds. The lowest BCUT2D eigenvalue weighted by atomic mass is 9.91. The van der Waals surface area contributed by atoms with Crippen molar-refractivity contribution in [2.75, 3.05) is 0 Å². The molecule has 1 aromatic carbocycles. The third kappa shape index (κ3) is 2.07. The lowest BCUT2D eigenvalue weighted by Gasteiger charge is -2.19. The fourth-order valence-electron chi connectivity index (χ4n) is 1.87. The molecule has 1 atom stereocenters. The van der Waals surface area contributed by atoms with Crippen LogP contribution in [0.4, 0.5) is 13.2 Å². The maximum Gasteiger partial charge on any atom is 0.416 e. The van der Waals surface area contributed by atoms with E-state index in [-0.39, 0.29) is 11.5 Å². The van der Waals surface area contributed by atoms with Crippen molar-refractivity contribution in [1.82, 2.24) is 0 Å². The minimum atomic E-state index is -4.26. The van der Waals surface area contributed by atoms with Gasteiger partial charge in [0.15, 0.2) is 0 Å². The zero-order valence-electron chi connectivity index (χ0n) is 9.01. The van der Waals surface area contributed by atoms with Gasteiger partial charge in [0.1, 0.15) is 0 Å². The van der Waals surface area contributed by atoms with Gasteiger partial charge in [-0.3, -0.25) is 0 Å². The summed E-state index contributed by atoms with van der Waals surface area (Å²) in [6.07, 6.45) is -2.36. The summed E-state index contributed by atoms with van der Waals surface area (Å²) in [6, 6.07) is 5.30. The minimum absolute atomic E-state index is 0.120. The summed E-state index contributed by atoms with van der Waals surface area (Å²) in [7, 11) is 0. The van der Waals surface area contributed by atoms with E-state index in [1.54, 1.807) is 0 Å². The van der Waals surface area contributed by atoms with E-state index in [1.165, 1.54) is 12.1 Å². The Morgan fingerprint density at radius 3 is 2.06 bits per heavy atom. The first-order valence-corrected chi connectivity index (χ1v) is 5.29. The number of benzene rings is 1. The van der Waals surface area contributed by atoms with Gasteiger partial charge in [-0.1, -0.05) is 19.1 Å². The van der Waals surface area contributed by atoms with E-state index < -0.39 is 11.7 Å². The fraction of sp³-hybridized carbons (Fsp3) is 0.500. The molecular formula is C12H14F3N. The molecule has 1 aromatic rings. The Morgan fingerprint density at radius 1 is 1.19 bits per heavy atom. The standard InChI is InChI=1S/C12H14F3N/c1-8(11(16)6-7-11)9-2-4-10(5-3-9)12(13,14)15/h2-5,8H,6-7,16H2,1H3. The van der Waals surface area contributed by atoms with Crippen LogP contribution in [0.1, 0.15) is 36.8 Å². The zero-order chi connectivity index (χ0) is 12.0. The summed E-state index contributed by atoms with van der Waals surface area (Å²) in [5.41, 5.74) is 6.11. The third-order valence-electron chi connectivity index (χ3n) is 3.43. The molecule has 1 fully saturated rings. The van der Waals surface area contributed by atoms with Crippen molar-refractivity contribution >= 4 is 0 Å². The Balaban J connectivity index is 2.19. The smallest absolute Gasteiger partial charge is 0.325 e. The van der Waals surface area contributed by atoms with Crippen molar-refractivity contribution in [1.29, 1.82) is 0 Å². The highest BCUT2D eigenvalue weighted by molar-refractivity contribution is 5.30. The van der Waals surface area contributed by atoms with Gasteiger partial charge >= 0.3 is 6.18 Å². The molecule has 1 saturated carbocycles. The molecule has 1 aliphatic carbocycles. The molecule has 1 aliphatic rings. The number of alkyl halides is 3. The lowest BCUT2D eigenvalue weighted by Crippen LogP contribution is -2.28. The zero-order valence-corrected chi connectivity index (χ0v) is 9.01. The third-order valence-corrected chi connectivity index (χ3v) is 3.43. The Hall–Kier alpha value is -1.03. The molecule has 0 aromatic heterocycles. The van der Waals surface area contributed by atoms with Gasteiger partial charge in [0.05, 0.1) is 5.56 Å². The van der Waals surface area contributed by atoms with Crippen LogP contribution in [0.25, 0.3) is 0 Å². The van der Waals surface area contributed by atoms with Gasteiger partial charge in [0.2, 0.25) is 0 Å². The largest absolute Gasteiger partial charge is 0.416 e. The second-order valence-electron chi connectivity index (χ2n) is 4.57. The minimum Gasteiger partial charge on any atom is -0.325 e. The quantitative estimate of drug-likeness (QED) is 0.827. The highest BCUT2D eigenvalue weighted by atomic mass is 19.4. The van der Waals surface area contributed by atoms with E-state index in [1.807, 2.05) is 6.92 Å². The van der Waals surface area contributed by atoms with E-state index in [9.17, 15) is 13.2 Å². The normalized spacial score (nSPS) is 20.6. The predicted molar refractivity (Wildman–Crippen MR) is 56.0 cm³/mol. The van der Waals surface area contributed by atoms with Crippen LogP contribution in [0.5, 0.6) is 0 Å². The SMILES string of the molecule is CC(c1ccc(C(F)(F)F)cc1)C1(N)CC1. The molecule has 1 unspecified atom stereocenters. The van der Waals surface area contributed by atoms with Crippen LogP contribution < -0.4 is 5.73 Å². The van der Waals surface area contributed by atoms with Crippen LogP contribution in [0.3, 0.4) is 0 Å². The Labute approximate surface area is 92.5 Å². The van der Waals surface area contributed by atoms with Crippen LogP contribution >= 0.6 is 0 Å². The van der Waals surface area contributed by atoms with Gasteiger partial charge in [-0.05, 0) is 36.5 Å². The molecule has 0 saturated heterocycles. The second kappa shape index (κ2) is 3.48. The first-order valence-electron chi connectivity index (χ1n) is 5.29. The number of nitrogens with two attached hydrogens (primary N) is 1. The molecule has 88 valence electrons. The van der Waals surface area contributed by atoms with Crippen molar-refractivity contribution in [2.24, 2.45) is 5.73 Å². The van der Waals surface area contributed by atoms with E-state index in [2.05, 4.69) is 0 Å². The van der Waals surface area contributed by atoms with E-state index in [0.717, 1.165) is 30.5 Å². The highest BCUT2D eigenvalue weighted by Crippen LogP contribution is 2.44. The van der Waals surface area contributed by atoms with Crippen molar-refractivity contribution in [3.05, 3.63) is 35.4 Å². The van der Waals surface area contributed by atoms with Crippen molar-refractivity contribution in [3.8, 4) is 0 Å². The number of halogens is 3. The monoisotopic (exact) mass is 229 g/mol. The van der Waals surface area contributed by atoms with Crippen LogP contribution in [-0.2, 0) is 6.18 Å². The molecule has 1 nitrogen and oxygen atoms in total. The summed E-state index contributed by atoms with van der Waals surface area (Å²) in [6.45, 7) is 1.97. The molecule has 2 N–H and O–H groups in total. The Kier molecular flexibility index (Phi) is 2.49. The second-order valence-corrected chi connectivity index (χ2v) is 4.57. The van der Waals surface area contributed by atoms with E-state index in [0.29, 0.717) is 0 Å². The van der Waals surface area contributed by atoms with Gasteiger partial charge in [0.25, 0.3) is 0 Å².